The molecule has 0 spiro atoms. The van der Waals surface area contributed by atoms with Crippen LogP contribution in [0.2, 0.25) is 0 Å². The third kappa shape index (κ3) is 2.84. The summed E-state index contributed by atoms with van der Waals surface area (Å²) in [6, 6.07) is 3.56. The Morgan fingerprint density at radius 2 is 2.16 bits per heavy atom. The fourth-order valence-electron chi connectivity index (χ4n) is 1.75. The number of aldehydes is 1. The molecule has 0 aromatic carbocycles. The molecule has 100 valence electrons. The predicted octanol–water partition coefficient (Wildman–Crippen LogP) is 2.59. The minimum Gasteiger partial charge on any atom is -0.485 e. The van der Waals surface area contributed by atoms with Crippen molar-refractivity contribution in [3.05, 3.63) is 39.4 Å². The zero-order chi connectivity index (χ0) is 14.0. The average molecular weight is 324 g/mol. The highest BCUT2D eigenvalue weighted by Crippen LogP contribution is 2.23. The van der Waals surface area contributed by atoms with Crippen molar-refractivity contribution in [2.45, 2.75) is 20.5 Å². The molecule has 0 aliphatic heterocycles. The van der Waals surface area contributed by atoms with E-state index in [0.29, 0.717) is 24.3 Å². The molecule has 0 saturated carbocycles. The number of hydrogen-bond donors (Lipinski definition) is 0. The van der Waals surface area contributed by atoms with Crippen molar-refractivity contribution in [2.75, 3.05) is 0 Å². The van der Waals surface area contributed by atoms with E-state index in [1.54, 1.807) is 10.7 Å². The van der Waals surface area contributed by atoms with Crippen LogP contribution in [0.3, 0.4) is 0 Å². The minimum atomic E-state index is 0.315. The number of aromatic nitrogens is 3. The number of carbonyl (C=O) groups excluding carboxylic acids is 1. The Kier molecular flexibility index (Phi) is 3.99. The highest BCUT2D eigenvalue weighted by molar-refractivity contribution is 9.10. The van der Waals surface area contributed by atoms with Gasteiger partial charge in [0.15, 0.2) is 6.29 Å². The van der Waals surface area contributed by atoms with Gasteiger partial charge in [0.2, 0.25) is 0 Å². The van der Waals surface area contributed by atoms with Gasteiger partial charge in [-0.15, -0.1) is 0 Å². The third-order valence-corrected chi connectivity index (χ3v) is 3.79. The molecule has 0 bridgehead atoms. The summed E-state index contributed by atoms with van der Waals surface area (Å²) in [6.07, 6.45) is 0.700. The SMILES string of the molecule is Cc1ccc(OCc2c(Br)c(C)nn2C)c(C=O)n1. The molecule has 0 aliphatic carbocycles. The molecule has 2 heterocycles. The molecule has 0 unspecified atom stereocenters. The van der Waals surface area contributed by atoms with Crippen molar-refractivity contribution in [3.8, 4) is 5.75 Å². The highest BCUT2D eigenvalue weighted by atomic mass is 79.9. The van der Waals surface area contributed by atoms with Crippen molar-refractivity contribution >= 4 is 22.2 Å². The van der Waals surface area contributed by atoms with Gasteiger partial charge in [-0.05, 0) is 41.9 Å². The van der Waals surface area contributed by atoms with Gasteiger partial charge in [-0.3, -0.25) is 9.48 Å². The first-order valence-electron chi connectivity index (χ1n) is 5.76. The standard InChI is InChI=1S/C13H14BrN3O2/c1-8-4-5-12(10(6-18)15-8)19-7-11-13(14)9(2)16-17(11)3/h4-6H,7H2,1-3H3. The highest BCUT2D eigenvalue weighted by Gasteiger charge is 2.12. The monoisotopic (exact) mass is 323 g/mol. The summed E-state index contributed by atoms with van der Waals surface area (Å²) in [5, 5.41) is 4.28. The molecule has 0 aliphatic rings. The van der Waals surface area contributed by atoms with Crippen molar-refractivity contribution in [1.29, 1.82) is 0 Å². The maximum Gasteiger partial charge on any atom is 0.172 e. The second-order valence-corrected chi connectivity index (χ2v) is 5.01. The van der Waals surface area contributed by atoms with E-state index in [2.05, 4.69) is 26.0 Å². The van der Waals surface area contributed by atoms with Crippen LogP contribution < -0.4 is 4.74 Å². The van der Waals surface area contributed by atoms with E-state index in [0.717, 1.165) is 21.6 Å². The Morgan fingerprint density at radius 1 is 1.42 bits per heavy atom. The van der Waals surface area contributed by atoms with E-state index in [9.17, 15) is 4.79 Å². The van der Waals surface area contributed by atoms with Crippen molar-refractivity contribution in [3.63, 3.8) is 0 Å². The van der Waals surface area contributed by atoms with Crippen LogP contribution in [0.15, 0.2) is 16.6 Å². The summed E-state index contributed by atoms with van der Waals surface area (Å²) in [5.41, 5.74) is 2.91. The normalized spacial score (nSPS) is 10.5. The third-order valence-electron chi connectivity index (χ3n) is 2.76. The van der Waals surface area contributed by atoms with Crippen LogP contribution in [-0.2, 0) is 13.7 Å². The van der Waals surface area contributed by atoms with E-state index in [1.807, 2.05) is 27.0 Å². The zero-order valence-electron chi connectivity index (χ0n) is 11.0. The summed E-state index contributed by atoms with van der Waals surface area (Å²) >= 11 is 3.47. The summed E-state index contributed by atoms with van der Waals surface area (Å²) < 4.78 is 8.33. The van der Waals surface area contributed by atoms with Crippen LogP contribution in [0.25, 0.3) is 0 Å². The van der Waals surface area contributed by atoms with E-state index < -0.39 is 0 Å². The van der Waals surface area contributed by atoms with Gasteiger partial charge in [0.25, 0.3) is 0 Å². The van der Waals surface area contributed by atoms with Crippen molar-refractivity contribution in [1.82, 2.24) is 14.8 Å². The molecular formula is C13H14BrN3O2. The maximum atomic E-state index is 11.0. The first-order chi connectivity index (χ1) is 9.02. The van der Waals surface area contributed by atoms with Crippen LogP contribution in [0.1, 0.15) is 27.6 Å². The molecule has 2 aromatic heterocycles. The fourth-order valence-corrected chi connectivity index (χ4v) is 2.20. The van der Waals surface area contributed by atoms with Crippen LogP contribution >= 0.6 is 15.9 Å². The summed E-state index contributed by atoms with van der Waals surface area (Å²) in [7, 11) is 1.85. The summed E-state index contributed by atoms with van der Waals surface area (Å²) in [6.45, 7) is 4.07. The minimum absolute atomic E-state index is 0.315. The Hall–Kier alpha value is -1.69. The average Bonchev–Trinajstić information content (AvgIpc) is 2.62. The van der Waals surface area contributed by atoms with Gasteiger partial charge in [-0.25, -0.2) is 4.98 Å². The largest absolute Gasteiger partial charge is 0.485 e. The molecule has 5 nitrogen and oxygen atoms in total. The van der Waals surface area contributed by atoms with Crippen LogP contribution in [0.4, 0.5) is 0 Å². The molecule has 19 heavy (non-hydrogen) atoms. The molecule has 0 fully saturated rings. The van der Waals surface area contributed by atoms with E-state index in [-0.39, 0.29) is 0 Å². The van der Waals surface area contributed by atoms with Gasteiger partial charge in [-0.2, -0.15) is 5.10 Å². The summed E-state index contributed by atoms with van der Waals surface area (Å²) in [5.74, 6) is 0.478. The van der Waals surface area contributed by atoms with E-state index in [4.69, 9.17) is 4.74 Å². The first-order valence-corrected chi connectivity index (χ1v) is 6.56. The fraction of sp³-hybridized carbons (Fsp3) is 0.308. The van der Waals surface area contributed by atoms with Crippen LogP contribution in [0, 0.1) is 13.8 Å². The quantitative estimate of drug-likeness (QED) is 0.811. The second kappa shape index (κ2) is 5.52. The second-order valence-electron chi connectivity index (χ2n) is 4.21. The number of carbonyl (C=O) groups is 1. The van der Waals surface area contributed by atoms with E-state index in [1.165, 1.54) is 0 Å². The number of rotatable bonds is 4. The van der Waals surface area contributed by atoms with Crippen LogP contribution in [0.5, 0.6) is 5.75 Å². The number of halogens is 1. The number of nitrogens with zero attached hydrogens (tertiary/aromatic N) is 3. The summed E-state index contributed by atoms with van der Waals surface area (Å²) in [4.78, 5) is 15.1. The molecule has 0 amide bonds. The zero-order valence-corrected chi connectivity index (χ0v) is 12.6. The smallest absolute Gasteiger partial charge is 0.172 e. The number of ether oxygens (including phenoxy) is 1. The van der Waals surface area contributed by atoms with Gasteiger partial charge < -0.3 is 4.74 Å². The van der Waals surface area contributed by atoms with Crippen LogP contribution in [-0.4, -0.2) is 21.1 Å². The Bertz CT molecular complexity index is 623. The van der Waals surface area contributed by atoms with Crippen molar-refractivity contribution in [2.24, 2.45) is 7.05 Å². The number of aryl methyl sites for hydroxylation is 3. The van der Waals surface area contributed by atoms with E-state index >= 15 is 0 Å². The number of pyridine rings is 1. The number of hydrogen-bond acceptors (Lipinski definition) is 4. The van der Waals surface area contributed by atoms with Gasteiger partial charge >= 0.3 is 0 Å². The van der Waals surface area contributed by atoms with Gasteiger partial charge in [0.05, 0.1) is 15.9 Å². The maximum absolute atomic E-state index is 11.0. The lowest BCUT2D eigenvalue weighted by atomic mass is 10.3. The predicted molar refractivity (Wildman–Crippen MR) is 74.3 cm³/mol. The molecule has 0 saturated heterocycles. The lowest BCUT2D eigenvalue weighted by molar-refractivity contribution is 0.111. The molecule has 2 rings (SSSR count). The first kappa shape index (κ1) is 13.7. The molecule has 6 heteroatoms. The van der Waals surface area contributed by atoms with Gasteiger partial charge in [0.1, 0.15) is 18.1 Å². The molecule has 2 aromatic rings. The Balaban J connectivity index is 2.21. The lowest BCUT2D eigenvalue weighted by Gasteiger charge is -2.09. The van der Waals surface area contributed by atoms with Gasteiger partial charge in [-0.1, -0.05) is 0 Å². The molecule has 0 radical (unpaired) electrons. The van der Waals surface area contributed by atoms with Gasteiger partial charge in [0, 0.05) is 12.7 Å². The molecule has 0 atom stereocenters. The topological polar surface area (TPSA) is 57.0 Å². The molecular weight excluding hydrogens is 310 g/mol. The Morgan fingerprint density at radius 3 is 2.74 bits per heavy atom. The lowest BCUT2D eigenvalue weighted by Crippen LogP contribution is -2.05. The molecule has 0 N–H and O–H groups in total. The Labute approximate surface area is 119 Å². The van der Waals surface area contributed by atoms with Crippen molar-refractivity contribution < 1.29 is 9.53 Å².